The fourth-order valence-corrected chi connectivity index (χ4v) is 2.25. The normalized spacial score (nSPS) is 10.3. The Morgan fingerprint density at radius 1 is 1.16 bits per heavy atom. The Morgan fingerprint density at radius 3 is 2.47 bits per heavy atom. The van der Waals surface area contributed by atoms with Gasteiger partial charge in [0.15, 0.2) is 0 Å². The molecule has 0 aliphatic rings. The average Bonchev–Trinajstić information content (AvgIpc) is 2.36. The minimum absolute atomic E-state index is 0.178. The second-order valence-corrected chi connectivity index (χ2v) is 5.31. The van der Waals surface area contributed by atoms with Gasteiger partial charge in [-0.25, -0.2) is 0 Å². The molecule has 0 aromatic heterocycles. The fraction of sp³-hybridized carbons (Fsp3) is 0.133. The van der Waals surface area contributed by atoms with Crippen LogP contribution in [0, 0.1) is 13.8 Å². The first-order valence-corrected chi connectivity index (χ1v) is 6.71. The highest BCUT2D eigenvalue weighted by Crippen LogP contribution is 2.24. The number of carbonyl (C=O) groups excluding carboxylic acids is 1. The van der Waals surface area contributed by atoms with Crippen molar-refractivity contribution in [2.45, 2.75) is 13.8 Å². The van der Waals surface area contributed by atoms with Crippen molar-refractivity contribution in [3.8, 4) is 0 Å². The van der Waals surface area contributed by atoms with Gasteiger partial charge in [0.1, 0.15) is 0 Å². The van der Waals surface area contributed by atoms with E-state index in [1.165, 1.54) is 0 Å². The number of benzene rings is 2. The van der Waals surface area contributed by atoms with Crippen LogP contribution in [0.2, 0.25) is 0 Å². The molecule has 98 valence electrons. The van der Waals surface area contributed by atoms with E-state index in [2.05, 4.69) is 21.2 Å². The molecule has 0 bridgehead atoms. The van der Waals surface area contributed by atoms with Crippen molar-refractivity contribution < 1.29 is 4.79 Å². The molecule has 0 aliphatic carbocycles. The fourth-order valence-electron chi connectivity index (χ4n) is 1.78. The molecule has 0 heterocycles. The van der Waals surface area contributed by atoms with Crippen molar-refractivity contribution in [2.75, 3.05) is 11.1 Å². The summed E-state index contributed by atoms with van der Waals surface area (Å²) < 4.78 is 0.759. The quantitative estimate of drug-likeness (QED) is 0.825. The van der Waals surface area contributed by atoms with Gasteiger partial charge in [0, 0.05) is 4.47 Å². The molecule has 0 atom stereocenters. The van der Waals surface area contributed by atoms with E-state index < -0.39 is 0 Å². The molecule has 19 heavy (non-hydrogen) atoms. The summed E-state index contributed by atoms with van der Waals surface area (Å²) in [7, 11) is 0. The van der Waals surface area contributed by atoms with E-state index in [1.807, 2.05) is 44.2 Å². The Balaban J connectivity index is 2.30. The molecule has 0 fully saturated rings. The van der Waals surface area contributed by atoms with Crippen LogP contribution < -0.4 is 11.1 Å². The third-order valence-electron chi connectivity index (χ3n) is 3.03. The van der Waals surface area contributed by atoms with Crippen LogP contribution in [0.25, 0.3) is 0 Å². The standard InChI is InChI=1S/C15H15BrN2O/c1-9-7-13(17)14(8-10(9)2)18-15(19)11-5-3-4-6-12(11)16/h3-8H,17H2,1-2H3,(H,18,19). The lowest BCUT2D eigenvalue weighted by Crippen LogP contribution is -2.14. The zero-order chi connectivity index (χ0) is 14.0. The number of amides is 1. The van der Waals surface area contributed by atoms with Crippen LogP contribution in [0.15, 0.2) is 40.9 Å². The van der Waals surface area contributed by atoms with Gasteiger partial charge in [-0.15, -0.1) is 0 Å². The van der Waals surface area contributed by atoms with Gasteiger partial charge in [-0.05, 0) is 65.2 Å². The molecule has 0 saturated heterocycles. The van der Waals surface area contributed by atoms with Crippen molar-refractivity contribution in [2.24, 2.45) is 0 Å². The topological polar surface area (TPSA) is 55.1 Å². The minimum atomic E-state index is -0.178. The first-order chi connectivity index (χ1) is 8.99. The zero-order valence-electron chi connectivity index (χ0n) is 10.8. The Hall–Kier alpha value is -1.81. The highest BCUT2D eigenvalue weighted by atomic mass is 79.9. The highest BCUT2D eigenvalue weighted by molar-refractivity contribution is 9.10. The van der Waals surface area contributed by atoms with Gasteiger partial charge < -0.3 is 11.1 Å². The predicted molar refractivity (Wildman–Crippen MR) is 82.4 cm³/mol. The molecule has 2 aromatic carbocycles. The van der Waals surface area contributed by atoms with E-state index in [-0.39, 0.29) is 5.91 Å². The maximum atomic E-state index is 12.2. The molecule has 4 heteroatoms. The number of hydrogen-bond acceptors (Lipinski definition) is 2. The number of rotatable bonds is 2. The lowest BCUT2D eigenvalue weighted by atomic mass is 10.1. The molecule has 2 aromatic rings. The monoisotopic (exact) mass is 318 g/mol. The first kappa shape index (κ1) is 13.6. The van der Waals surface area contributed by atoms with E-state index in [4.69, 9.17) is 5.73 Å². The number of nitrogens with two attached hydrogens (primary N) is 1. The number of halogens is 1. The molecular formula is C15H15BrN2O. The van der Waals surface area contributed by atoms with Crippen LogP contribution in [0.4, 0.5) is 11.4 Å². The second kappa shape index (κ2) is 5.45. The smallest absolute Gasteiger partial charge is 0.256 e. The zero-order valence-corrected chi connectivity index (χ0v) is 12.4. The van der Waals surface area contributed by atoms with Gasteiger partial charge in [-0.3, -0.25) is 4.79 Å². The van der Waals surface area contributed by atoms with Gasteiger partial charge in [-0.1, -0.05) is 12.1 Å². The van der Waals surface area contributed by atoms with Crippen LogP contribution >= 0.6 is 15.9 Å². The Kier molecular flexibility index (Phi) is 3.90. The lowest BCUT2D eigenvalue weighted by molar-refractivity contribution is 0.102. The van der Waals surface area contributed by atoms with Crippen molar-refractivity contribution in [1.82, 2.24) is 0 Å². The number of nitrogen functional groups attached to an aromatic ring is 1. The lowest BCUT2D eigenvalue weighted by Gasteiger charge is -2.11. The summed E-state index contributed by atoms with van der Waals surface area (Å²) in [5.74, 6) is -0.178. The molecule has 1 amide bonds. The number of hydrogen-bond donors (Lipinski definition) is 2. The van der Waals surface area contributed by atoms with Gasteiger partial charge in [0.05, 0.1) is 16.9 Å². The summed E-state index contributed by atoms with van der Waals surface area (Å²) in [5.41, 5.74) is 9.93. The average molecular weight is 319 g/mol. The molecule has 0 spiro atoms. The van der Waals surface area contributed by atoms with Crippen molar-refractivity contribution in [3.05, 3.63) is 57.6 Å². The van der Waals surface area contributed by atoms with Crippen molar-refractivity contribution in [1.29, 1.82) is 0 Å². The molecule has 0 aliphatic heterocycles. The van der Waals surface area contributed by atoms with Crippen LogP contribution in [0.3, 0.4) is 0 Å². The number of nitrogens with one attached hydrogen (secondary N) is 1. The Bertz CT molecular complexity index is 638. The van der Waals surface area contributed by atoms with E-state index in [0.717, 1.165) is 15.6 Å². The summed E-state index contributed by atoms with van der Waals surface area (Å²) >= 11 is 3.36. The minimum Gasteiger partial charge on any atom is -0.397 e. The molecular weight excluding hydrogens is 304 g/mol. The third-order valence-corrected chi connectivity index (χ3v) is 3.72. The molecule has 0 unspecified atom stereocenters. The van der Waals surface area contributed by atoms with Gasteiger partial charge >= 0.3 is 0 Å². The van der Waals surface area contributed by atoms with Crippen LogP contribution in [-0.4, -0.2) is 5.91 Å². The van der Waals surface area contributed by atoms with E-state index in [9.17, 15) is 4.79 Å². The summed E-state index contributed by atoms with van der Waals surface area (Å²) in [4.78, 5) is 12.2. The number of aryl methyl sites for hydroxylation is 2. The molecule has 2 rings (SSSR count). The molecule has 0 saturated carbocycles. The summed E-state index contributed by atoms with van der Waals surface area (Å²) in [5, 5.41) is 2.84. The molecule has 0 radical (unpaired) electrons. The maximum Gasteiger partial charge on any atom is 0.256 e. The number of carbonyl (C=O) groups is 1. The molecule has 3 N–H and O–H groups in total. The van der Waals surface area contributed by atoms with Gasteiger partial charge in [-0.2, -0.15) is 0 Å². The summed E-state index contributed by atoms with van der Waals surface area (Å²) in [6.45, 7) is 3.98. The van der Waals surface area contributed by atoms with Crippen LogP contribution in [-0.2, 0) is 0 Å². The SMILES string of the molecule is Cc1cc(N)c(NC(=O)c2ccccc2Br)cc1C. The first-order valence-electron chi connectivity index (χ1n) is 5.91. The third kappa shape index (κ3) is 2.96. The van der Waals surface area contributed by atoms with Crippen LogP contribution in [0.5, 0.6) is 0 Å². The summed E-state index contributed by atoms with van der Waals surface area (Å²) in [6, 6.07) is 11.0. The van der Waals surface area contributed by atoms with Crippen LogP contribution in [0.1, 0.15) is 21.5 Å². The van der Waals surface area contributed by atoms with E-state index in [0.29, 0.717) is 16.9 Å². The Morgan fingerprint density at radius 2 is 1.79 bits per heavy atom. The van der Waals surface area contributed by atoms with E-state index in [1.54, 1.807) is 6.07 Å². The molecule has 3 nitrogen and oxygen atoms in total. The largest absolute Gasteiger partial charge is 0.397 e. The highest BCUT2D eigenvalue weighted by Gasteiger charge is 2.11. The van der Waals surface area contributed by atoms with Gasteiger partial charge in [0.25, 0.3) is 5.91 Å². The maximum absolute atomic E-state index is 12.2. The van der Waals surface area contributed by atoms with E-state index >= 15 is 0 Å². The summed E-state index contributed by atoms with van der Waals surface area (Å²) in [6.07, 6.45) is 0. The number of anilines is 2. The van der Waals surface area contributed by atoms with Crippen molar-refractivity contribution >= 4 is 33.2 Å². The Labute approximate surface area is 121 Å². The van der Waals surface area contributed by atoms with Crippen molar-refractivity contribution in [3.63, 3.8) is 0 Å². The van der Waals surface area contributed by atoms with Gasteiger partial charge in [0.2, 0.25) is 0 Å². The predicted octanol–water partition coefficient (Wildman–Crippen LogP) is 3.90. The second-order valence-electron chi connectivity index (χ2n) is 4.46.